The highest BCUT2D eigenvalue weighted by Gasteiger charge is 2.16. The molecular formula is C25H30N2O6. The Morgan fingerprint density at radius 1 is 1.06 bits per heavy atom. The summed E-state index contributed by atoms with van der Waals surface area (Å²) in [6.45, 7) is 5.55. The van der Waals surface area contributed by atoms with Crippen LogP contribution in [0.15, 0.2) is 42.5 Å². The minimum absolute atomic E-state index is 0.161. The van der Waals surface area contributed by atoms with Crippen LogP contribution in [0.5, 0.6) is 11.5 Å². The number of nitrogens with one attached hydrogen (secondary N) is 1. The molecule has 0 saturated heterocycles. The molecule has 1 N–H and O–H groups in total. The zero-order chi connectivity index (χ0) is 24.4. The lowest BCUT2D eigenvalue weighted by Crippen LogP contribution is -2.37. The standard InChI is InChI=1S/C25H30N2O6/c1-6-32-20-12-10-19(14-21(20)31-5)11-13-24(30)33-16-23(29)27(4)15-22(28)26-25-17(2)8-7-9-18(25)3/h7-14H,6,15-16H2,1-5H3,(H,26,28)/b13-11+. The largest absolute Gasteiger partial charge is 0.493 e. The van der Waals surface area contributed by atoms with E-state index in [2.05, 4.69) is 5.32 Å². The molecule has 8 nitrogen and oxygen atoms in total. The summed E-state index contributed by atoms with van der Waals surface area (Å²) in [5.74, 6) is -0.349. The quantitative estimate of drug-likeness (QED) is 0.437. The van der Waals surface area contributed by atoms with Crippen molar-refractivity contribution < 1.29 is 28.6 Å². The first-order valence-electron chi connectivity index (χ1n) is 10.5. The number of hydrogen-bond acceptors (Lipinski definition) is 6. The number of carbonyl (C=O) groups is 3. The van der Waals surface area contributed by atoms with Crippen molar-refractivity contribution in [1.29, 1.82) is 0 Å². The van der Waals surface area contributed by atoms with Crippen molar-refractivity contribution in [3.63, 3.8) is 0 Å². The molecule has 0 aliphatic heterocycles. The van der Waals surface area contributed by atoms with Crippen molar-refractivity contribution in [1.82, 2.24) is 4.90 Å². The van der Waals surface area contributed by atoms with E-state index in [9.17, 15) is 14.4 Å². The van der Waals surface area contributed by atoms with Gasteiger partial charge in [-0.1, -0.05) is 24.3 Å². The van der Waals surface area contributed by atoms with E-state index >= 15 is 0 Å². The number of aryl methyl sites for hydroxylation is 2. The number of benzene rings is 2. The molecule has 0 aliphatic carbocycles. The number of anilines is 1. The number of esters is 1. The Bertz CT molecular complexity index is 1010. The number of hydrogen-bond donors (Lipinski definition) is 1. The normalized spacial score (nSPS) is 10.6. The molecule has 0 spiro atoms. The van der Waals surface area contributed by atoms with Crippen LogP contribution in [-0.2, 0) is 19.1 Å². The smallest absolute Gasteiger partial charge is 0.331 e. The summed E-state index contributed by atoms with van der Waals surface area (Å²) in [4.78, 5) is 37.7. The van der Waals surface area contributed by atoms with E-state index in [1.807, 2.05) is 39.0 Å². The van der Waals surface area contributed by atoms with Crippen LogP contribution in [-0.4, -0.2) is 56.6 Å². The zero-order valence-electron chi connectivity index (χ0n) is 19.6. The number of ether oxygens (including phenoxy) is 3. The summed E-state index contributed by atoms with van der Waals surface area (Å²) in [7, 11) is 3.01. The van der Waals surface area contributed by atoms with E-state index in [4.69, 9.17) is 14.2 Å². The average Bonchev–Trinajstić information content (AvgIpc) is 2.79. The maximum atomic E-state index is 12.3. The Morgan fingerprint density at radius 3 is 2.39 bits per heavy atom. The summed E-state index contributed by atoms with van der Waals surface area (Å²) >= 11 is 0. The Kier molecular flexibility index (Phi) is 9.47. The molecule has 0 unspecified atom stereocenters. The number of nitrogens with zero attached hydrogens (tertiary/aromatic N) is 1. The van der Waals surface area contributed by atoms with Gasteiger partial charge < -0.3 is 24.4 Å². The number of para-hydroxylation sites is 1. The van der Waals surface area contributed by atoms with E-state index in [1.54, 1.807) is 24.3 Å². The van der Waals surface area contributed by atoms with Gasteiger partial charge in [-0.05, 0) is 55.7 Å². The number of methoxy groups -OCH3 is 1. The molecule has 2 aromatic rings. The highest BCUT2D eigenvalue weighted by atomic mass is 16.5. The molecular weight excluding hydrogens is 424 g/mol. The highest BCUT2D eigenvalue weighted by Crippen LogP contribution is 2.28. The van der Waals surface area contributed by atoms with E-state index in [0.29, 0.717) is 23.7 Å². The maximum absolute atomic E-state index is 12.3. The predicted octanol–water partition coefficient (Wildman–Crippen LogP) is 3.36. The van der Waals surface area contributed by atoms with Gasteiger partial charge in [-0.25, -0.2) is 4.79 Å². The van der Waals surface area contributed by atoms with Crippen molar-refractivity contribution in [2.45, 2.75) is 20.8 Å². The molecule has 0 aromatic heterocycles. The maximum Gasteiger partial charge on any atom is 0.331 e. The summed E-state index contributed by atoms with van der Waals surface area (Å²) in [6.07, 6.45) is 2.77. The van der Waals surface area contributed by atoms with Gasteiger partial charge in [-0.3, -0.25) is 9.59 Å². The number of rotatable bonds is 10. The minimum Gasteiger partial charge on any atom is -0.493 e. The lowest BCUT2D eigenvalue weighted by Gasteiger charge is -2.18. The summed E-state index contributed by atoms with van der Waals surface area (Å²) in [6, 6.07) is 10.9. The third-order valence-corrected chi connectivity index (χ3v) is 4.79. The molecule has 33 heavy (non-hydrogen) atoms. The lowest BCUT2D eigenvalue weighted by molar-refractivity contribution is -0.148. The van der Waals surface area contributed by atoms with Gasteiger partial charge in [-0.2, -0.15) is 0 Å². The molecule has 176 valence electrons. The second kappa shape index (κ2) is 12.3. The highest BCUT2D eigenvalue weighted by molar-refractivity contribution is 5.96. The first kappa shape index (κ1) is 25.5. The number of likely N-dealkylation sites (N-methyl/N-ethyl adjacent to an activating group) is 1. The van der Waals surface area contributed by atoms with E-state index < -0.39 is 18.5 Å². The Hall–Kier alpha value is -3.81. The van der Waals surface area contributed by atoms with Gasteiger partial charge >= 0.3 is 5.97 Å². The minimum atomic E-state index is -0.676. The molecule has 2 amide bonds. The molecule has 0 fully saturated rings. The Labute approximate surface area is 194 Å². The van der Waals surface area contributed by atoms with Crippen molar-refractivity contribution in [3.8, 4) is 11.5 Å². The Morgan fingerprint density at radius 2 is 1.76 bits per heavy atom. The van der Waals surface area contributed by atoms with Crippen molar-refractivity contribution in [2.24, 2.45) is 0 Å². The lowest BCUT2D eigenvalue weighted by atomic mass is 10.1. The third kappa shape index (κ3) is 7.68. The van der Waals surface area contributed by atoms with Crippen LogP contribution >= 0.6 is 0 Å². The predicted molar refractivity (Wildman–Crippen MR) is 126 cm³/mol. The second-order valence-electron chi connectivity index (χ2n) is 7.35. The topological polar surface area (TPSA) is 94.2 Å². The van der Waals surface area contributed by atoms with Crippen LogP contribution in [0.25, 0.3) is 6.08 Å². The van der Waals surface area contributed by atoms with Crippen LogP contribution < -0.4 is 14.8 Å². The number of amides is 2. The fourth-order valence-electron chi connectivity index (χ4n) is 3.01. The van der Waals surface area contributed by atoms with Gasteiger partial charge in [0, 0.05) is 18.8 Å². The van der Waals surface area contributed by atoms with Crippen LogP contribution in [0, 0.1) is 13.8 Å². The molecule has 0 aliphatic rings. The van der Waals surface area contributed by atoms with Gasteiger partial charge in [-0.15, -0.1) is 0 Å². The van der Waals surface area contributed by atoms with Crippen LogP contribution in [0.1, 0.15) is 23.6 Å². The van der Waals surface area contributed by atoms with Crippen molar-refractivity contribution in [2.75, 3.05) is 39.2 Å². The van der Waals surface area contributed by atoms with E-state index in [-0.39, 0.29) is 12.5 Å². The first-order chi connectivity index (χ1) is 15.7. The monoisotopic (exact) mass is 454 g/mol. The molecule has 0 bridgehead atoms. The van der Waals surface area contributed by atoms with Gasteiger partial charge in [0.15, 0.2) is 18.1 Å². The van der Waals surface area contributed by atoms with Crippen molar-refractivity contribution in [3.05, 3.63) is 59.2 Å². The summed E-state index contributed by atoms with van der Waals surface area (Å²) in [5, 5.41) is 2.82. The van der Waals surface area contributed by atoms with E-state index in [1.165, 1.54) is 25.1 Å². The fourth-order valence-corrected chi connectivity index (χ4v) is 3.01. The molecule has 0 heterocycles. The van der Waals surface area contributed by atoms with Gasteiger partial charge in [0.1, 0.15) is 0 Å². The first-order valence-corrected chi connectivity index (χ1v) is 10.5. The van der Waals surface area contributed by atoms with Gasteiger partial charge in [0.2, 0.25) is 5.91 Å². The molecule has 8 heteroatoms. The third-order valence-electron chi connectivity index (χ3n) is 4.79. The van der Waals surface area contributed by atoms with Gasteiger partial charge in [0.05, 0.1) is 20.3 Å². The Balaban J connectivity index is 1.84. The van der Waals surface area contributed by atoms with Crippen LogP contribution in [0.2, 0.25) is 0 Å². The van der Waals surface area contributed by atoms with Crippen molar-refractivity contribution >= 4 is 29.5 Å². The summed E-state index contributed by atoms with van der Waals surface area (Å²) < 4.78 is 15.7. The zero-order valence-corrected chi connectivity index (χ0v) is 19.6. The van der Waals surface area contributed by atoms with Gasteiger partial charge in [0.25, 0.3) is 5.91 Å². The second-order valence-corrected chi connectivity index (χ2v) is 7.35. The molecule has 0 radical (unpaired) electrons. The molecule has 0 saturated carbocycles. The van der Waals surface area contributed by atoms with Crippen LogP contribution in [0.3, 0.4) is 0 Å². The molecule has 2 rings (SSSR count). The van der Waals surface area contributed by atoms with E-state index in [0.717, 1.165) is 16.8 Å². The summed E-state index contributed by atoms with van der Waals surface area (Å²) in [5.41, 5.74) is 3.30. The SMILES string of the molecule is CCOc1ccc(/C=C/C(=O)OCC(=O)N(C)CC(=O)Nc2c(C)cccc2C)cc1OC. The average molecular weight is 455 g/mol. The number of carbonyl (C=O) groups excluding carboxylic acids is 3. The molecule has 0 atom stereocenters. The fraction of sp³-hybridized carbons (Fsp3) is 0.320. The van der Waals surface area contributed by atoms with Crippen LogP contribution in [0.4, 0.5) is 5.69 Å². The molecule has 2 aromatic carbocycles.